The summed E-state index contributed by atoms with van der Waals surface area (Å²) in [5.74, 6) is 1.46. The number of ether oxygens (including phenoxy) is 1. The fourth-order valence-corrected chi connectivity index (χ4v) is 2.56. The Balaban J connectivity index is 2.05. The van der Waals surface area contributed by atoms with E-state index >= 15 is 0 Å². The van der Waals surface area contributed by atoms with Gasteiger partial charge in [-0.1, -0.05) is 32.0 Å². The molecule has 3 nitrogen and oxygen atoms in total. The molecule has 2 N–H and O–H groups in total. The minimum absolute atomic E-state index is 0.163. The summed E-state index contributed by atoms with van der Waals surface area (Å²) >= 11 is 0. The smallest absolute Gasteiger partial charge is 0.119 e. The molecule has 0 aliphatic rings. The summed E-state index contributed by atoms with van der Waals surface area (Å²) in [4.78, 5) is 0. The highest BCUT2D eigenvalue weighted by molar-refractivity contribution is 5.84. The molecule has 0 aromatic heterocycles. The van der Waals surface area contributed by atoms with Gasteiger partial charge in [0.15, 0.2) is 0 Å². The third-order valence-electron chi connectivity index (χ3n) is 3.68. The maximum absolute atomic E-state index is 9.41. The van der Waals surface area contributed by atoms with Crippen LogP contribution in [0.3, 0.4) is 0 Å². The van der Waals surface area contributed by atoms with Gasteiger partial charge in [0.2, 0.25) is 0 Å². The van der Waals surface area contributed by atoms with Crippen molar-refractivity contribution in [3.63, 3.8) is 0 Å². The van der Waals surface area contributed by atoms with Crippen LogP contribution in [0.4, 0.5) is 0 Å². The molecule has 1 unspecified atom stereocenters. The van der Waals surface area contributed by atoms with E-state index in [4.69, 9.17) is 4.74 Å². The number of hydrogen-bond donors (Lipinski definition) is 2. The van der Waals surface area contributed by atoms with Gasteiger partial charge in [-0.15, -0.1) is 0 Å². The summed E-state index contributed by atoms with van der Waals surface area (Å²) < 4.78 is 5.24. The molecule has 0 amide bonds. The van der Waals surface area contributed by atoms with Crippen LogP contribution in [0.2, 0.25) is 0 Å². The minimum Gasteiger partial charge on any atom is -0.497 e. The zero-order valence-corrected chi connectivity index (χ0v) is 13.1. The lowest BCUT2D eigenvalue weighted by Crippen LogP contribution is -2.33. The van der Waals surface area contributed by atoms with Gasteiger partial charge in [-0.3, -0.25) is 0 Å². The first kappa shape index (κ1) is 15.8. The Bertz CT molecular complexity index is 580. The molecule has 114 valence electrons. The fraction of sp³-hybridized carbons (Fsp3) is 0.444. The molecule has 0 fully saturated rings. The lowest BCUT2D eigenvalue weighted by molar-refractivity contribution is 0.223. The van der Waals surface area contributed by atoms with Gasteiger partial charge < -0.3 is 15.2 Å². The molecule has 0 heterocycles. The van der Waals surface area contributed by atoms with Gasteiger partial charge in [0.1, 0.15) is 5.75 Å². The summed E-state index contributed by atoms with van der Waals surface area (Å²) in [7, 11) is 1.68. The predicted octanol–water partition coefficient (Wildman–Crippen LogP) is 3.35. The van der Waals surface area contributed by atoms with Crippen molar-refractivity contribution in [2.24, 2.45) is 5.92 Å². The van der Waals surface area contributed by atoms with Crippen LogP contribution < -0.4 is 10.1 Å². The Hall–Kier alpha value is -1.58. The third-order valence-corrected chi connectivity index (χ3v) is 3.68. The van der Waals surface area contributed by atoms with Crippen LogP contribution in [0.1, 0.15) is 25.8 Å². The van der Waals surface area contributed by atoms with Crippen LogP contribution in [0.5, 0.6) is 5.75 Å². The second kappa shape index (κ2) is 7.43. The van der Waals surface area contributed by atoms with Crippen molar-refractivity contribution < 1.29 is 9.84 Å². The second-order valence-electron chi connectivity index (χ2n) is 5.94. The highest BCUT2D eigenvalue weighted by Crippen LogP contribution is 2.22. The second-order valence-corrected chi connectivity index (χ2v) is 5.94. The SMILES string of the molecule is COc1ccc2cc(CNC(CO)CC(C)C)ccc2c1. The monoisotopic (exact) mass is 287 g/mol. The Morgan fingerprint density at radius 2 is 1.81 bits per heavy atom. The van der Waals surface area contributed by atoms with Crippen molar-refractivity contribution in [3.8, 4) is 5.75 Å². The molecule has 2 aromatic carbocycles. The summed E-state index contributed by atoms with van der Waals surface area (Å²) in [5, 5.41) is 15.2. The van der Waals surface area contributed by atoms with E-state index in [2.05, 4.69) is 43.4 Å². The van der Waals surface area contributed by atoms with Crippen LogP contribution in [0, 0.1) is 5.92 Å². The number of rotatable bonds is 7. The van der Waals surface area contributed by atoms with Crippen molar-refractivity contribution in [2.45, 2.75) is 32.9 Å². The molecule has 1 atom stereocenters. The van der Waals surface area contributed by atoms with Crippen LogP contribution >= 0.6 is 0 Å². The van der Waals surface area contributed by atoms with Crippen molar-refractivity contribution >= 4 is 10.8 Å². The molecule has 2 aromatic rings. The van der Waals surface area contributed by atoms with E-state index in [1.165, 1.54) is 16.3 Å². The number of hydrogen-bond acceptors (Lipinski definition) is 3. The molecule has 0 aliphatic carbocycles. The first-order valence-electron chi connectivity index (χ1n) is 7.53. The first-order valence-corrected chi connectivity index (χ1v) is 7.53. The zero-order chi connectivity index (χ0) is 15.2. The molecule has 3 heteroatoms. The number of aliphatic hydroxyl groups is 1. The van der Waals surface area contributed by atoms with Crippen LogP contribution in [-0.2, 0) is 6.54 Å². The molecule has 21 heavy (non-hydrogen) atoms. The lowest BCUT2D eigenvalue weighted by atomic mass is 10.0. The molecule has 0 bridgehead atoms. The Labute approximate surface area is 126 Å². The largest absolute Gasteiger partial charge is 0.497 e. The average molecular weight is 287 g/mol. The quantitative estimate of drug-likeness (QED) is 0.820. The third kappa shape index (κ3) is 4.45. The minimum atomic E-state index is 0.163. The van der Waals surface area contributed by atoms with Crippen LogP contribution in [0.25, 0.3) is 10.8 Å². The van der Waals surface area contributed by atoms with E-state index < -0.39 is 0 Å². The maximum atomic E-state index is 9.41. The highest BCUT2D eigenvalue weighted by Gasteiger charge is 2.09. The van der Waals surface area contributed by atoms with Gasteiger partial charge in [-0.05, 0) is 46.9 Å². The summed E-state index contributed by atoms with van der Waals surface area (Å²) in [6.07, 6.45) is 0.987. The molecule has 0 radical (unpaired) electrons. The van der Waals surface area contributed by atoms with E-state index in [0.717, 1.165) is 18.7 Å². The lowest BCUT2D eigenvalue weighted by Gasteiger charge is -2.18. The molecule has 0 spiro atoms. The van der Waals surface area contributed by atoms with Crippen molar-refractivity contribution in [2.75, 3.05) is 13.7 Å². The summed E-state index contributed by atoms with van der Waals surface area (Å²) in [6.45, 7) is 5.31. The molecule has 0 aliphatic heterocycles. The highest BCUT2D eigenvalue weighted by atomic mass is 16.5. The molecule has 0 saturated heterocycles. The molecule has 2 rings (SSSR count). The van der Waals surface area contributed by atoms with Gasteiger partial charge in [0.05, 0.1) is 13.7 Å². The van der Waals surface area contributed by atoms with E-state index in [-0.39, 0.29) is 12.6 Å². The van der Waals surface area contributed by atoms with Gasteiger partial charge in [0.25, 0.3) is 0 Å². The van der Waals surface area contributed by atoms with E-state index in [1.807, 2.05) is 12.1 Å². The van der Waals surface area contributed by atoms with E-state index in [0.29, 0.717) is 5.92 Å². The summed E-state index contributed by atoms with van der Waals surface area (Å²) in [6, 6.07) is 12.7. The number of methoxy groups -OCH3 is 1. The van der Waals surface area contributed by atoms with Crippen molar-refractivity contribution in [3.05, 3.63) is 42.0 Å². The Morgan fingerprint density at radius 1 is 1.10 bits per heavy atom. The van der Waals surface area contributed by atoms with Gasteiger partial charge >= 0.3 is 0 Å². The van der Waals surface area contributed by atoms with Gasteiger partial charge in [-0.2, -0.15) is 0 Å². The normalized spacial score (nSPS) is 12.8. The topological polar surface area (TPSA) is 41.5 Å². The Kier molecular flexibility index (Phi) is 5.59. The maximum Gasteiger partial charge on any atom is 0.119 e. The summed E-state index contributed by atoms with van der Waals surface area (Å²) in [5.41, 5.74) is 1.23. The molecular weight excluding hydrogens is 262 g/mol. The van der Waals surface area contributed by atoms with E-state index in [1.54, 1.807) is 7.11 Å². The Morgan fingerprint density at radius 3 is 2.48 bits per heavy atom. The van der Waals surface area contributed by atoms with Gasteiger partial charge in [0, 0.05) is 12.6 Å². The fourth-order valence-electron chi connectivity index (χ4n) is 2.56. The zero-order valence-electron chi connectivity index (χ0n) is 13.1. The number of nitrogens with one attached hydrogen (secondary N) is 1. The predicted molar refractivity (Wildman–Crippen MR) is 87.7 cm³/mol. The number of benzene rings is 2. The number of fused-ring (bicyclic) bond motifs is 1. The van der Waals surface area contributed by atoms with E-state index in [9.17, 15) is 5.11 Å². The van der Waals surface area contributed by atoms with Crippen LogP contribution in [0.15, 0.2) is 36.4 Å². The first-order chi connectivity index (χ1) is 10.1. The molecular formula is C18H25NO2. The van der Waals surface area contributed by atoms with Crippen molar-refractivity contribution in [1.29, 1.82) is 0 Å². The van der Waals surface area contributed by atoms with Crippen LogP contribution in [-0.4, -0.2) is 24.9 Å². The van der Waals surface area contributed by atoms with Crippen molar-refractivity contribution in [1.82, 2.24) is 5.32 Å². The average Bonchev–Trinajstić information content (AvgIpc) is 2.50. The standard InChI is InChI=1S/C18H25NO2/c1-13(2)8-17(12-20)19-11-14-4-5-16-10-18(21-3)7-6-15(16)9-14/h4-7,9-10,13,17,19-20H,8,11-12H2,1-3H3. The number of aliphatic hydroxyl groups excluding tert-OH is 1. The molecule has 0 saturated carbocycles. The van der Waals surface area contributed by atoms with Gasteiger partial charge in [-0.25, -0.2) is 0 Å².